The van der Waals surface area contributed by atoms with Crippen LogP contribution in [0.5, 0.6) is 0 Å². The van der Waals surface area contributed by atoms with E-state index < -0.39 is 5.97 Å². The first kappa shape index (κ1) is 16.7. The third-order valence-corrected chi connectivity index (χ3v) is 5.04. The number of anilines is 1. The van der Waals surface area contributed by atoms with Crippen molar-refractivity contribution in [1.82, 2.24) is 0 Å². The minimum absolute atomic E-state index is 0.224. The predicted molar refractivity (Wildman–Crippen MR) is 92.8 cm³/mol. The van der Waals surface area contributed by atoms with Gasteiger partial charge in [0.05, 0.1) is 25.4 Å². The van der Waals surface area contributed by atoms with Gasteiger partial charge in [0.25, 0.3) is 5.91 Å². The molecule has 1 aromatic heterocycles. The fraction of sp³-hybridized carbons (Fsp3) is 0.333. The fourth-order valence-corrected chi connectivity index (χ4v) is 3.91. The van der Waals surface area contributed by atoms with Gasteiger partial charge in [-0.2, -0.15) is 0 Å². The zero-order chi connectivity index (χ0) is 17.1. The van der Waals surface area contributed by atoms with Crippen LogP contribution in [0.15, 0.2) is 24.3 Å². The topological polar surface area (TPSA) is 64.6 Å². The van der Waals surface area contributed by atoms with Gasteiger partial charge in [-0.25, -0.2) is 4.79 Å². The molecule has 0 saturated carbocycles. The molecule has 3 rings (SSSR count). The number of hydrogen-bond donors (Lipinski definition) is 1. The van der Waals surface area contributed by atoms with Crippen LogP contribution in [0.1, 0.15) is 43.6 Å². The van der Waals surface area contributed by atoms with E-state index in [1.807, 2.05) is 25.1 Å². The summed E-state index contributed by atoms with van der Waals surface area (Å²) in [6, 6.07) is 7.36. The van der Waals surface area contributed by atoms with Crippen LogP contribution in [0.25, 0.3) is 0 Å². The Bertz CT molecular complexity index is 781. The van der Waals surface area contributed by atoms with Crippen LogP contribution in [-0.2, 0) is 22.5 Å². The Morgan fingerprint density at radius 2 is 2.12 bits per heavy atom. The van der Waals surface area contributed by atoms with E-state index in [9.17, 15) is 9.59 Å². The number of carbonyl (C=O) groups excluding carboxylic acids is 2. The van der Waals surface area contributed by atoms with Crippen molar-refractivity contribution in [2.45, 2.75) is 26.9 Å². The van der Waals surface area contributed by atoms with Crippen LogP contribution >= 0.6 is 11.3 Å². The van der Waals surface area contributed by atoms with Gasteiger partial charge in [-0.3, -0.25) is 4.79 Å². The smallest absolute Gasteiger partial charge is 0.341 e. The molecule has 2 aromatic rings. The Morgan fingerprint density at radius 1 is 1.33 bits per heavy atom. The molecule has 0 saturated heterocycles. The van der Waals surface area contributed by atoms with Gasteiger partial charge in [-0.05, 0) is 37.5 Å². The molecule has 0 atom stereocenters. The van der Waals surface area contributed by atoms with Crippen molar-refractivity contribution < 1.29 is 19.1 Å². The Hall–Kier alpha value is -2.18. The lowest BCUT2D eigenvalue weighted by atomic mass is 10.1. The van der Waals surface area contributed by atoms with Crippen LogP contribution < -0.4 is 5.32 Å². The highest BCUT2D eigenvalue weighted by Gasteiger charge is 2.27. The second kappa shape index (κ2) is 7.15. The minimum Gasteiger partial charge on any atom is -0.462 e. The van der Waals surface area contributed by atoms with Crippen LogP contribution in [0.4, 0.5) is 5.00 Å². The zero-order valence-electron chi connectivity index (χ0n) is 13.7. The van der Waals surface area contributed by atoms with Crippen molar-refractivity contribution in [2.75, 3.05) is 18.5 Å². The summed E-state index contributed by atoms with van der Waals surface area (Å²) >= 11 is 1.39. The highest BCUT2D eigenvalue weighted by molar-refractivity contribution is 7.17. The molecule has 6 heteroatoms. The van der Waals surface area contributed by atoms with Crippen molar-refractivity contribution in [1.29, 1.82) is 0 Å². The first-order valence-electron chi connectivity index (χ1n) is 7.88. The molecule has 0 radical (unpaired) electrons. The molecule has 0 unspecified atom stereocenters. The van der Waals surface area contributed by atoms with Gasteiger partial charge in [-0.1, -0.05) is 18.2 Å². The first-order valence-corrected chi connectivity index (χ1v) is 8.69. The van der Waals surface area contributed by atoms with Gasteiger partial charge in [0.2, 0.25) is 0 Å². The molecular weight excluding hydrogens is 326 g/mol. The second-order valence-electron chi connectivity index (χ2n) is 5.50. The van der Waals surface area contributed by atoms with Crippen LogP contribution in [0.3, 0.4) is 0 Å². The maximum atomic E-state index is 12.6. The van der Waals surface area contributed by atoms with Gasteiger partial charge in [-0.15, -0.1) is 11.3 Å². The Labute approximate surface area is 144 Å². The molecule has 126 valence electrons. The summed E-state index contributed by atoms with van der Waals surface area (Å²) in [5.74, 6) is -0.616. The molecule has 1 N–H and O–H groups in total. The summed E-state index contributed by atoms with van der Waals surface area (Å²) in [6.07, 6.45) is 0.653. The molecule has 0 bridgehead atoms. The van der Waals surface area contributed by atoms with Gasteiger partial charge < -0.3 is 14.8 Å². The number of nitrogens with one attached hydrogen (secondary N) is 1. The zero-order valence-corrected chi connectivity index (χ0v) is 14.5. The van der Waals surface area contributed by atoms with E-state index in [2.05, 4.69) is 5.32 Å². The van der Waals surface area contributed by atoms with Gasteiger partial charge in [0, 0.05) is 10.4 Å². The van der Waals surface area contributed by atoms with Crippen LogP contribution in [0, 0.1) is 6.92 Å². The number of hydrogen-bond acceptors (Lipinski definition) is 5. The average molecular weight is 345 g/mol. The second-order valence-corrected chi connectivity index (χ2v) is 6.61. The number of fused-ring (bicyclic) bond motifs is 1. The average Bonchev–Trinajstić information content (AvgIpc) is 2.93. The Morgan fingerprint density at radius 3 is 2.88 bits per heavy atom. The van der Waals surface area contributed by atoms with Gasteiger partial charge >= 0.3 is 5.97 Å². The molecule has 0 spiro atoms. The van der Waals surface area contributed by atoms with E-state index in [1.165, 1.54) is 11.3 Å². The number of esters is 1. The first-order chi connectivity index (χ1) is 11.6. The van der Waals surface area contributed by atoms with E-state index in [4.69, 9.17) is 9.47 Å². The number of thiophene rings is 1. The lowest BCUT2D eigenvalue weighted by Gasteiger charge is -2.13. The van der Waals surface area contributed by atoms with E-state index >= 15 is 0 Å². The number of amides is 1. The third kappa shape index (κ3) is 3.20. The van der Waals surface area contributed by atoms with E-state index in [0.29, 0.717) is 42.4 Å². The quantitative estimate of drug-likeness (QED) is 0.861. The number of rotatable bonds is 4. The normalized spacial score (nSPS) is 13.2. The van der Waals surface area contributed by atoms with Crippen LogP contribution in [0.2, 0.25) is 0 Å². The van der Waals surface area contributed by atoms with E-state index in [-0.39, 0.29) is 5.91 Å². The molecule has 1 aromatic carbocycles. The molecule has 5 nitrogen and oxygen atoms in total. The molecule has 0 aliphatic carbocycles. The monoisotopic (exact) mass is 345 g/mol. The highest BCUT2D eigenvalue weighted by atomic mass is 32.1. The summed E-state index contributed by atoms with van der Waals surface area (Å²) in [4.78, 5) is 25.9. The summed E-state index contributed by atoms with van der Waals surface area (Å²) in [5.41, 5.74) is 2.89. The minimum atomic E-state index is -0.392. The number of benzene rings is 1. The Kier molecular flexibility index (Phi) is 4.97. The summed E-state index contributed by atoms with van der Waals surface area (Å²) in [6.45, 7) is 4.99. The summed E-state index contributed by atoms with van der Waals surface area (Å²) in [7, 11) is 0. The number of carbonyl (C=O) groups is 2. The van der Waals surface area contributed by atoms with Gasteiger partial charge in [0.15, 0.2) is 0 Å². The van der Waals surface area contributed by atoms with Gasteiger partial charge in [0.1, 0.15) is 5.00 Å². The molecule has 1 aliphatic rings. The molecule has 1 aliphatic heterocycles. The standard InChI is InChI=1S/C18H19NO4S/c1-3-23-18(21)15-13-8-9-22-10-14(13)24-17(15)19-16(20)12-7-5-4-6-11(12)2/h4-7H,3,8-10H2,1-2H3,(H,19,20). The maximum Gasteiger partial charge on any atom is 0.341 e. The molecular formula is C18H19NO4S. The summed E-state index contributed by atoms with van der Waals surface area (Å²) < 4.78 is 10.6. The predicted octanol–water partition coefficient (Wildman–Crippen LogP) is 3.56. The number of ether oxygens (including phenoxy) is 2. The molecule has 24 heavy (non-hydrogen) atoms. The van der Waals surface area contributed by atoms with E-state index in [1.54, 1.807) is 13.0 Å². The largest absolute Gasteiger partial charge is 0.462 e. The maximum absolute atomic E-state index is 12.6. The van der Waals surface area contributed by atoms with Crippen LogP contribution in [-0.4, -0.2) is 25.1 Å². The molecule has 0 fully saturated rings. The Balaban J connectivity index is 1.95. The lowest BCUT2D eigenvalue weighted by molar-refractivity contribution is 0.0524. The lowest BCUT2D eigenvalue weighted by Crippen LogP contribution is -2.17. The highest BCUT2D eigenvalue weighted by Crippen LogP contribution is 2.37. The molecule has 1 amide bonds. The summed E-state index contributed by atoms with van der Waals surface area (Å²) in [5, 5.41) is 3.43. The molecule has 2 heterocycles. The van der Waals surface area contributed by atoms with Crippen molar-refractivity contribution >= 4 is 28.2 Å². The van der Waals surface area contributed by atoms with E-state index in [0.717, 1.165) is 16.0 Å². The van der Waals surface area contributed by atoms with Crippen molar-refractivity contribution in [3.63, 3.8) is 0 Å². The fourth-order valence-electron chi connectivity index (χ4n) is 2.74. The third-order valence-electron chi connectivity index (χ3n) is 3.92. The van der Waals surface area contributed by atoms with Crippen molar-refractivity contribution in [2.24, 2.45) is 0 Å². The SMILES string of the molecule is CCOC(=O)c1c(NC(=O)c2ccccc2C)sc2c1CCOC2. The van der Waals surface area contributed by atoms with Crippen molar-refractivity contribution in [3.8, 4) is 0 Å². The number of aryl methyl sites for hydroxylation is 1. The van der Waals surface area contributed by atoms with Crippen molar-refractivity contribution in [3.05, 3.63) is 51.4 Å².